The number of carbonyl (C=O) groups excluding carboxylic acids is 3. The molecule has 3 aromatic carbocycles. The Balaban J connectivity index is 1.48. The molecule has 36 heavy (non-hydrogen) atoms. The van der Waals surface area contributed by atoms with E-state index in [1.165, 1.54) is 18.9 Å². The second-order valence-electron chi connectivity index (χ2n) is 9.51. The van der Waals surface area contributed by atoms with E-state index in [0.29, 0.717) is 17.0 Å². The Kier molecular flexibility index (Phi) is 5.22. The topological polar surface area (TPSA) is 63.7 Å². The highest BCUT2D eigenvalue weighted by Crippen LogP contribution is 2.59. The number of methoxy groups -OCH3 is 1. The molecular formula is C31H25NO4. The van der Waals surface area contributed by atoms with Gasteiger partial charge in [-0.15, -0.1) is 0 Å². The minimum absolute atomic E-state index is 0.138. The smallest absolute Gasteiger partial charge is 0.238 e. The first-order chi connectivity index (χ1) is 17.5. The average Bonchev–Trinajstić information content (AvgIpc) is 3.54. The van der Waals surface area contributed by atoms with Crippen molar-refractivity contribution in [2.45, 2.75) is 6.92 Å². The maximum atomic E-state index is 13.9. The molecule has 1 saturated carbocycles. The van der Waals surface area contributed by atoms with E-state index in [-0.39, 0.29) is 29.4 Å². The zero-order valence-corrected chi connectivity index (χ0v) is 20.0. The number of hydrogen-bond donors (Lipinski definition) is 0. The van der Waals surface area contributed by atoms with E-state index in [4.69, 9.17) is 4.74 Å². The third kappa shape index (κ3) is 3.19. The number of imide groups is 1. The second-order valence-corrected chi connectivity index (χ2v) is 9.51. The first-order valence-electron chi connectivity index (χ1n) is 12.1. The van der Waals surface area contributed by atoms with Gasteiger partial charge in [0.25, 0.3) is 0 Å². The van der Waals surface area contributed by atoms with Gasteiger partial charge in [-0.05, 0) is 47.4 Å². The van der Waals surface area contributed by atoms with Gasteiger partial charge >= 0.3 is 0 Å². The molecule has 5 nitrogen and oxygen atoms in total. The van der Waals surface area contributed by atoms with Gasteiger partial charge in [0.1, 0.15) is 5.75 Å². The first kappa shape index (κ1) is 22.2. The Labute approximate surface area is 209 Å². The first-order valence-corrected chi connectivity index (χ1v) is 12.1. The van der Waals surface area contributed by atoms with Crippen molar-refractivity contribution in [1.29, 1.82) is 0 Å². The molecular weight excluding hydrogens is 450 g/mol. The lowest BCUT2D eigenvalue weighted by molar-refractivity contribution is -0.123. The Hall–Kier alpha value is -4.25. The molecule has 1 heterocycles. The number of benzene rings is 3. The number of allylic oxidation sites excluding steroid dienone is 3. The molecule has 6 rings (SSSR count). The summed E-state index contributed by atoms with van der Waals surface area (Å²) in [4.78, 5) is 41.0. The molecule has 1 aliphatic heterocycles. The van der Waals surface area contributed by atoms with Crippen LogP contribution in [0.15, 0.2) is 96.6 Å². The van der Waals surface area contributed by atoms with Gasteiger partial charge in [0, 0.05) is 17.4 Å². The van der Waals surface area contributed by atoms with E-state index in [1.54, 1.807) is 18.2 Å². The van der Waals surface area contributed by atoms with Crippen molar-refractivity contribution < 1.29 is 19.1 Å². The molecule has 0 N–H and O–H groups in total. The van der Waals surface area contributed by atoms with Crippen molar-refractivity contribution >= 4 is 28.9 Å². The molecule has 2 bridgehead atoms. The van der Waals surface area contributed by atoms with Gasteiger partial charge in [0.05, 0.1) is 24.6 Å². The van der Waals surface area contributed by atoms with Crippen LogP contribution < -0.4 is 9.64 Å². The molecule has 2 amide bonds. The van der Waals surface area contributed by atoms with E-state index in [9.17, 15) is 14.4 Å². The number of hydrogen-bond acceptors (Lipinski definition) is 4. The third-order valence-corrected chi connectivity index (χ3v) is 7.66. The van der Waals surface area contributed by atoms with Crippen molar-refractivity contribution in [3.8, 4) is 5.75 Å². The number of nitrogens with zero attached hydrogens (tertiary/aromatic N) is 1. The molecule has 5 heteroatoms. The molecule has 1 saturated heterocycles. The van der Waals surface area contributed by atoms with E-state index in [0.717, 1.165) is 22.3 Å². The fraction of sp³-hybridized carbons (Fsp3) is 0.194. The number of anilines is 1. The van der Waals surface area contributed by atoms with Crippen molar-refractivity contribution in [1.82, 2.24) is 0 Å². The Morgan fingerprint density at radius 2 is 1.28 bits per heavy atom. The fourth-order valence-electron chi connectivity index (χ4n) is 6.13. The normalized spacial score (nSPS) is 23.8. The lowest BCUT2D eigenvalue weighted by Gasteiger charge is -2.23. The van der Waals surface area contributed by atoms with E-state index in [2.05, 4.69) is 36.4 Å². The highest BCUT2D eigenvalue weighted by Gasteiger charge is 2.62. The van der Waals surface area contributed by atoms with Gasteiger partial charge < -0.3 is 4.74 Å². The fourth-order valence-corrected chi connectivity index (χ4v) is 6.13. The van der Waals surface area contributed by atoms with E-state index in [1.807, 2.05) is 36.4 Å². The van der Waals surface area contributed by atoms with Gasteiger partial charge in [0.15, 0.2) is 5.78 Å². The SMILES string of the molecule is COc1ccc(C(C)=O)cc1N1C(=O)C2C3C=CC(C3=C(c3ccccc3)c3ccccc3)C2C1=O. The lowest BCUT2D eigenvalue weighted by atomic mass is 9.85. The van der Waals surface area contributed by atoms with Crippen LogP contribution in [0.4, 0.5) is 5.69 Å². The summed E-state index contributed by atoms with van der Waals surface area (Å²) in [7, 11) is 1.50. The minimum atomic E-state index is -0.476. The van der Waals surface area contributed by atoms with Gasteiger partial charge in [0.2, 0.25) is 11.8 Å². The minimum Gasteiger partial charge on any atom is -0.495 e. The molecule has 0 spiro atoms. The highest BCUT2D eigenvalue weighted by atomic mass is 16.5. The molecule has 0 aromatic heterocycles. The van der Waals surface area contributed by atoms with Crippen molar-refractivity contribution in [2.24, 2.45) is 23.7 Å². The van der Waals surface area contributed by atoms with Crippen LogP contribution in [-0.4, -0.2) is 24.7 Å². The molecule has 3 aliphatic rings. The summed E-state index contributed by atoms with van der Waals surface area (Å²) >= 11 is 0. The maximum absolute atomic E-state index is 13.9. The summed E-state index contributed by atoms with van der Waals surface area (Å²) in [5.41, 5.74) is 5.14. The van der Waals surface area contributed by atoms with Crippen molar-refractivity contribution in [2.75, 3.05) is 12.0 Å². The molecule has 4 atom stereocenters. The van der Waals surface area contributed by atoms with Crippen LogP contribution in [0.1, 0.15) is 28.4 Å². The van der Waals surface area contributed by atoms with E-state index < -0.39 is 11.8 Å². The van der Waals surface area contributed by atoms with Gasteiger partial charge in [-0.1, -0.05) is 72.8 Å². The molecule has 178 valence electrons. The predicted molar refractivity (Wildman–Crippen MR) is 137 cm³/mol. The standard InChI is InChI=1S/C31H25NO4/c1-18(33)21-13-16-25(36-2)24(17-21)32-30(34)28-22-14-15-23(29(28)31(32)35)27(22)26(19-9-5-3-6-10-19)20-11-7-4-8-12-20/h3-17,22-23,28-29H,1-2H3. The summed E-state index contributed by atoms with van der Waals surface area (Å²) in [5, 5.41) is 0. The predicted octanol–water partition coefficient (Wildman–Crippen LogP) is 5.32. The van der Waals surface area contributed by atoms with Crippen LogP contribution in [0.5, 0.6) is 5.75 Å². The summed E-state index contributed by atoms with van der Waals surface area (Å²) in [6, 6.07) is 25.2. The van der Waals surface area contributed by atoms with Gasteiger partial charge in [-0.25, -0.2) is 4.90 Å². The molecule has 2 fully saturated rings. The summed E-state index contributed by atoms with van der Waals surface area (Å²) in [5.74, 6) is -1.51. The largest absolute Gasteiger partial charge is 0.495 e. The monoisotopic (exact) mass is 475 g/mol. The number of carbonyl (C=O) groups is 3. The maximum Gasteiger partial charge on any atom is 0.238 e. The number of ketones is 1. The van der Waals surface area contributed by atoms with Crippen molar-refractivity contribution in [3.05, 3.63) is 113 Å². The number of ether oxygens (including phenoxy) is 1. The average molecular weight is 476 g/mol. The third-order valence-electron chi connectivity index (χ3n) is 7.66. The Morgan fingerprint density at radius 3 is 1.75 bits per heavy atom. The number of fused-ring (bicyclic) bond motifs is 5. The van der Waals surface area contributed by atoms with Gasteiger partial charge in [-0.2, -0.15) is 0 Å². The zero-order valence-electron chi connectivity index (χ0n) is 20.0. The van der Waals surface area contributed by atoms with Crippen LogP contribution >= 0.6 is 0 Å². The summed E-state index contributed by atoms with van der Waals surface area (Å²) in [6.07, 6.45) is 4.18. The molecule has 0 radical (unpaired) electrons. The zero-order chi connectivity index (χ0) is 25.0. The summed E-state index contributed by atoms with van der Waals surface area (Å²) in [6.45, 7) is 1.46. The van der Waals surface area contributed by atoms with Crippen LogP contribution in [0, 0.1) is 23.7 Å². The number of Topliss-reactive ketones (excluding diaryl/α,β-unsaturated/α-hetero) is 1. The molecule has 2 aliphatic carbocycles. The number of amides is 2. The quantitative estimate of drug-likeness (QED) is 0.285. The van der Waals surface area contributed by atoms with Crippen molar-refractivity contribution in [3.63, 3.8) is 0 Å². The van der Waals surface area contributed by atoms with E-state index >= 15 is 0 Å². The highest BCUT2D eigenvalue weighted by molar-refractivity contribution is 6.24. The molecule has 4 unspecified atom stereocenters. The lowest BCUT2D eigenvalue weighted by Crippen LogP contribution is -2.33. The Bertz CT molecular complexity index is 1380. The van der Waals surface area contributed by atoms with Crippen LogP contribution in [-0.2, 0) is 9.59 Å². The molecule has 3 aromatic rings. The Morgan fingerprint density at radius 1 is 0.750 bits per heavy atom. The second kappa shape index (κ2) is 8.45. The van der Waals surface area contributed by atoms with Crippen LogP contribution in [0.2, 0.25) is 0 Å². The number of rotatable bonds is 5. The van der Waals surface area contributed by atoms with Crippen LogP contribution in [0.3, 0.4) is 0 Å². The van der Waals surface area contributed by atoms with Crippen LogP contribution in [0.25, 0.3) is 5.57 Å². The summed E-state index contributed by atoms with van der Waals surface area (Å²) < 4.78 is 5.47. The van der Waals surface area contributed by atoms with Gasteiger partial charge in [-0.3, -0.25) is 14.4 Å².